The molecule has 0 saturated heterocycles. The number of hydrogen-bond donors (Lipinski definition) is 7. The Balaban J connectivity index is 0.00000245. The molecule has 0 bridgehead atoms. The number of rotatable bonds is 20. The predicted octanol–water partition coefficient (Wildman–Crippen LogP) is 8.60. The first-order valence-electron chi connectivity index (χ1n) is 22.8. The number of imidazole rings is 1. The van der Waals surface area contributed by atoms with E-state index in [4.69, 9.17) is 29.0 Å². The summed E-state index contributed by atoms with van der Waals surface area (Å²) in [6.45, 7) is 1.98. The number of thioether (sulfide) groups is 1. The number of hydrogen-bond acceptors (Lipinski definition) is 27. The highest BCUT2D eigenvalue weighted by molar-refractivity contribution is 7.99. The summed E-state index contributed by atoms with van der Waals surface area (Å²) in [5.74, 6) is -1.97. The van der Waals surface area contributed by atoms with Gasteiger partial charge in [-0.15, -0.1) is 50.0 Å². The van der Waals surface area contributed by atoms with E-state index in [9.17, 15) is 80.3 Å². The summed E-state index contributed by atoms with van der Waals surface area (Å²) in [4.78, 5) is 6.92. The Hall–Kier alpha value is -7.14. The molecule has 31 nitrogen and oxygen atoms in total. The minimum Gasteiger partial charge on any atom is -0.493 e. The highest BCUT2D eigenvalue weighted by Gasteiger charge is 2.26. The lowest BCUT2D eigenvalue weighted by Crippen LogP contribution is -2.08. The third-order valence-electron chi connectivity index (χ3n) is 11.4. The Morgan fingerprint density at radius 3 is 1.99 bits per heavy atom. The Labute approximate surface area is 488 Å². The van der Waals surface area contributed by atoms with E-state index in [2.05, 4.69) is 40.7 Å². The number of ether oxygens (including phenoxy) is 1. The average Bonchev–Trinajstić information content (AvgIpc) is 2.29. The number of aryl methyl sites for hydroxylation is 1. The Morgan fingerprint density at radius 1 is 0.738 bits per heavy atom. The van der Waals surface area contributed by atoms with Crippen LogP contribution < -0.4 is 4.74 Å². The van der Waals surface area contributed by atoms with Gasteiger partial charge < -0.3 is 14.9 Å². The maximum atomic E-state index is 12.5. The maximum Gasteiger partial charge on any atom is 0.425 e. The molecule has 5 aromatic carbocycles. The highest BCUT2D eigenvalue weighted by atomic mass is 35.5. The van der Waals surface area contributed by atoms with E-state index in [1.165, 1.54) is 37.3 Å². The van der Waals surface area contributed by atoms with Gasteiger partial charge in [0.05, 0.1) is 67.4 Å². The topological polar surface area (TPSA) is 501 Å². The van der Waals surface area contributed by atoms with Gasteiger partial charge in [-0.2, -0.15) is 52.5 Å². The second-order valence-electron chi connectivity index (χ2n) is 17.2. The van der Waals surface area contributed by atoms with E-state index in [1.807, 2.05) is 6.07 Å². The van der Waals surface area contributed by atoms with E-state index in [0.29, 0.717) is 5.56 Å². The van der Waals surface area contributed by atoms with Gasteiger partial charge in [0.2, 0.25) is 11.0 Å². The molecule has 0 radical (unpaired) electrons. The molecular formula is C44H37ClN10O21S8. The molecule has 0 spiro atoms. The summed E-state index contributed by atoms with van der Waals surface area (Å²) in [7, 11) is -26.3. The summed E-state index contributed by atoms with van der Waals surface area (Å²) >= 11 is 7.96. The van der Waals surface area contributed by atoms with Crippen LogP contribution in [0.15, 0.2) is 111 Å². The molecule has 3 aromatic heterocycles. The second kappa shape index (κ2) is 25.2. The van der Waals surface area contributed by atoms with Gasteiger partial charge in [-0.05, 0) is 91.9 Å². The van der Waals surface area contributed by atoms with Crippen LogP contribution in [0, 0.1) is 25.2 Å². The average molecular weight is 1330 g/mol. The van der Waals surface area contributed by atoms with E-state index in [1.54, 1.807) is 6.92 Å². The predicted molar refractivity (Wildman–Crippen MR) is 299 cm³/mol. The molecule has 7 N–H and O–H groups in total. The van der Waals surface area contributed by atoms with Crippen LogP contribution in [0.4, 0.5) is 33.6 Å². The van der Waals surface area contributed by atoms with Crippen molar-refractivity contribution in [2.75, 3.05) is 23.9 Å². The Bertz CT molecular complexity index is 4900. The van der Waals surface area contributed by atoms with Crippen LogP contribution in [0.2, 0.25) is 5.02 Å². The minimum absolute atomic E-state index is 0.0124. The maximum absolute atomic E-state index is 12.5. The molecule has 8 rings (SSSR count). The van der Waals surface area contributed by atoms with Crippen molar-refractivity contribution in [3.63, 3.8) is 0 Å². The molecule has 0 unspecified atom stereocenters. The lowest BCUT2D eigenvalue weighted by Gasteiger charge is -2.12. The van der Waals surface area contributed by atoms with Gasteiger partial charge in [-0.1, -0.05) is 29.0 Å². The third-order valence-corrected chi connectivity index (χ3v) is 18.2. The van der Waals surface area contributed by atoms with Crippen molar-refractivity contribution in [1.82, 2.24) is 14.4 Å². The fourth-order valence-electron chi connectivity index (χ4n) is 7.73. The number of halogens is 1. The number of aliphatic hydroxyl groups is 1. The van der Waals surface area contributed by atoms with Gasteiger partial charge in [0.25, 0.3) is 50.6 Å². The molecule has 0 atom stereocenters. The normalized spacial score (nSPS) is 12.8. The largest absolute Gasteiger partial charge is 0.493 e. The standard InChI is InChI=1S/C44H37ClN10O18S7.O3S/c1-21-11-32(51-53-39-22(2)27(19-46)42-47-31-18-37(79(67,68)69)28(45)15-34(31)55(42)43(39)57)35(73-7-3-9-76(58,59)60)16-29(21)49-52-33-12-24(20-56)30(17-36(33)74-8-4-10-77(61,62)63)50-54-44-48-40-38(80(70,71)72)13-23-5-6-25(78(64,65)66)14-26(23)41(40)75-44;1-4(2)3/h5-6,11-18,56-57H,3-4,7-10,20H2,1-2H3,(H,58,59,60)(H,61,62,63)(H,64,65,66)(H,67,68,69)(H,70,71,72);. The number of thiazole rings is 1. The summed E-state index contributed by atoms with van der Waals surface area (Å²) in [6, 6.07) is 13.9. The first kappa shape index (κ1) is 64.4. The van der Waals surface area contributed by atoms with Crippen molar-refractivity contribution in [2.24, 2.45) is 30.7 Å². The number of azo groups is 3. The van der Waals surface area contributed by atoms with Crippen molar-refractivity contribution < 1.29 is 92.4 Å². The monoisotopic (exact) mass is 1330 g/mol. The van der Waals surface area contributed by atoms with Crippen molar-refractivity contribution in [3.05, 3.63) is 87.9 Å². The second-order valence-corrected chi connectivity index (χ2v) is 27.5. The molecule has 0 aliphatic carbocycles. The van der Waals surface area contributed by atoms with Crippen LogP contribution in [0.3, 0.4) is 0 Å². The van der Waals surface area contributed by atoms with E-state index in [0.717, 1.165) is 57.8 Å². The fraction of sp³-hybridized carbons (Fsp3) is 0.205. The minimum atomic E-state index is -4.92. The zero-order chi connectivity index (χ0) is 62.0. The van der Waals surface area contributed by atoms with Gasteiger partial charge in [-0.25, -0.2) is 9.97 Å². The van der Waals surface area contributed by atoms with Crippen molar-refractivity contribution in [2.45, 2.75) is 52.9 Å². The first-order chi connectivity index (χ1) is 39.1. The smallest absolute Gasteiger partial charge is 0.425 e. The number of pyridine rings is 1. The van der Waals surface area contributed by atoms with Crippen LogP contribution in [-0.2, 0) is 67.8 Å². The number of aromatic hydroxyl groups is 1. The van der Waals surface area contributed by atoms with Crippen LogP contribution in [0.25, 0.3) is 37.7 Å². The molecule has 3 heterocycles. The molecule has 8 aromatic rings. The number of aromatic nitrogens is 3. The summed E-state index contributed by atoms with van der Waals surface area (Å²) in [5, 5.41) is 57.7. The van der Waals surface area contributed by atoms with E-state index in [-0.39, 0.29) is 124 Å². The van der Waals surface area contributed by atoms with Crippen LogP contribution in [0.5, 0.6) is 11.6 Å². The van der Waals surface area contributed by atoms with Crippen molar-refractivity contribution in [3.8, 4) is 17.7 Å². The molecule has 0 saturated carbocycles. The van der Waals surface area contributed by atoms with Gasteiger partial charge in [0.1, 0.15) is 38.4 Å². The Kier molecular flexibility index (Phi) is 19.3. The zero-order valence-electron chi connectivity index (χ0n) is 42.2. The SMILES string of the molecule is Cc1cc(N=Nc2c(C)c(C#N)c3nc4cc(S(=O)(=O)O)c(Cl)cc4n3c2O)c(OCCCS(=O)(=O)O)cc1N=Nc1cc(CO)c(N=Nc2nc3c(S(=O)(=O)O)cc4ccc(S(=O)(=O)O)cc4c3s2)cc1SCCCS(=O)(=O)O.O=S(=O)=O. The summed E-state index contributed by atoms with van der Waals surface area (Å²) in [5.41, 5.74) is -0.306. The lowest BCUT2D eigenvalue weighted by molar-refractivity contribution is 0.282. The number of nitrogens with zero attached hydrogens (tertiary/aromatic N) is 10. The van der Waals surface area contributed by atoms with Gasteiger partial charge in [0, 0.05) is 27.5 Å². The molecule has 0 aliphatic rings. The molecule has 0 amide bonds. The molecule has 0 aliphatic heterocycles. The third kappa shape index (κ3) is 15.4. The lowest BCUT2D eigenvalue weighted by atomic mass is 10.1. The number of aliphatic hydroxyl groups excluding tert-OH is 1. The van der Waals surface area contributed by atoms with Crippen molar-refractivity contribution >= 4 is 167 Å². The number of benzene rings is 5. The molecule has 84 heavy (non-hydrogen) atoms. The number of fused-ring (bicyclic) bond motifs is 6. The van der Waals surface area contributed by atoms with E-state index >= 15 is 0 Å². The quantitative estimate of drug-likeness (QED) is 0.0162. The molecular weight excluding hydrogens is 1300 g/mol. The first-order valence-corrected chi connectivity index (χ1v) is 33.5. The van der Waals surface area contributed by atoms with Crippen LogP contribution >= 0.6 is 34.7 Å². The summed E-state index contributed by atoms with van der Waals surface area (Å²) < 4.78 is 200. The molecule has 40 heteroatoms. The zero-order valence-corrected chi connectivity index (χ0v) is 49.5. The Morgan fingerprint density at radius 2 is 1.37 bits per heavy atom. The van der Waals surface area contributed by atoms with E-state index < -0.39 is 105 Å². The molecule has 0 fully saturated rings. The fourth-order valence-corrected chi connectivity index (χ4v) is 13.1. The van der Waals surface area contributed by atoms with Gasteiger partial charge in [-0.3, -0.25) is 27.2 Å². The number of nitriles is 1. The summed E-state index contributed by atoms with van der Waals surface area (Å²) in [6.07, 6.45) is -0.280. The van der Waals surface area contributed by atoms with Gasteiger partial charge in [0.15, 0.2) is 11.3 Å². The molecule has 444 valence electrons. The van der Waals surface area contributed by atoms with Crippen LogP contribution in [-0.4, -0.2) is 126 Å². The highest BCUT2D eigenvalue weighted by Crippen LogP contribution is 2.45. The van der Waals surface area contributed by atoms with Gasteiger partial charge >= 0.3 is 10.6 Å². The van der Waals surface area contributed by atoms with Crippen molar-refractivity contribution in [1.29, 1.82) is 5.26 Å². The van der Waals surface area contributed by atoms with Crippen LogP contribution in [0.1, 0.15) is 35.1 Å².